The average Bonchev–Trinajstić information content (AvgIpc) is 3.08. The van der Waals surface area contributed by atoms with E-state index in [-0.39, 0.29) is 10.5 Å². The van der Waals surface area contributed by atoms with Crippen molar-refractivity contribution < 1.29 is 22.8 Å². The van der Waals surface area contributed by atoms with E-state index in [0.29, 0.717) is 16.3 Å². The number of nitrogens with one attached hydrogen (secondary N) is 2. The minimum atomic E-state index is -3.96. The third-order valence-corrected chi connectivity index (χ3v) is 7.41. The van der Waals surface area contributed by atoms with Crippen LogP contribution in [0.5, 0.6) is 0 Å². The van der Waals surface area contributed by atoms with Crippen molar-refractivity contribution in [2.45, 2.75) is 17.4 Å². The summed E-state index contributed by atoms with van der Waals surface area (Å²) in [6, 6.07) is 21.7. The van der Waals surface area contributed by atoms with Gasteiger partial charge in [0.1, 0.15) is 5.54 Å². The van der Waals surface area contributed by atoms with Crippen molar-refractivity contribution in [1.82, 2.24) is 15.8 Å². The van der Waals surface area contributed by atoms with Crippen LogP contribution in [0.4, 0.5) is 10.5 Å². The number of rotatable bonds is 6. The van der Waals surface area contributed by atoms with E-state index in [1.54, 1.807) is 67.6 Å². The molecule has 0 saturated carbocycles. The summed E-state index contributed by atoms with van der Waals surface area (Å²) in [5.74, 6) is -1.47. The molecule has 0 aliphatic carbocycles. The van der Waals surface area contributed by atoms with Gasteiger partial charge in [0.25, 0.3) is 21.8 Å². The second-order valence-electron chi connectivity index (χ2n) is 7.84. The highest BCUT2D eigenvalue weighted by atomic mass is 32.2. The standard InChI is InChI=1S/C24H22N4O5S/c1-24(18-11-5-3-6-12-18)22(30)28(23(31)25-24)26-21(29)17-10-9-15-20(16-17)34(32,33)27(2)19-13-7-4-8-14-19/h3-16H,1-2H3,(H,25,31)(H,26,29)/t24-/m1/s1. The molecule has 174 valence electrons. The summed E-state index contributed by atoms with van der Waals surface area (Å²) in [6.07, 6.45) is 0. The summed E-state index contributed by atoms with van der Waals surface area (Å²) >= 11 is 0. The number of hydrazine groups is 1. The molecule has 1 aliphatic heterocycles. The van der Waals surface area contributed by atoms with Crippen molar-refractivity contribution >= 4 is 33.6 Å². The van der Waals surface area contributed by atoms with Crippen LogP contribution in [0.1, 0.15) is 22.8 Å². The minimum Gasteiger partial charge on any atom is -0.318 e. The van der Waals surface area contributed by atoms with Gasteiger partial charge in [0.05, 0.1) is 10.6 Å². The van der Waals surface area contributed by atoms with Crippen LogP contribution in [0.15, 0.2) is 89.8 Å². The normalized spacial score (nSPS) is 17.9. The number of benzene rings is 3. The molecule has 1 saturated heterocycles. The SMILES string of the molecule is CN(c1ccccc1)S(=O)(=O)c1cccc(C(=O)NN2C(=O)N[C@](C)(c3ccccc3)C2=O)c1. The zero-order chi connectivity index (χ0) is 24.5. The van der Waals surface area contributed by atoms with Gasteiger partial charge in [0.15, 0.2) is 0 Å². The quantitative estimate of drug-likeness (QED) is 0.529. The first-order chi connectivity index (χ1) is 16.1. The van der Waals surface area contributed by atoms with E-state index < -0.39 is 33.4 Å². The fourth-order valence-corrected chi connectivity index (χ4v) is 4.85. The zero-order valence-corrected chi connectivity index (χ0v) is 19.2. The molecule has 0 bridgehead atoms. The first-order valence-electron chi connectivity index (χ1n) is 10.3. The maximum atomic E-state index is 13.1. The number of hydrogen-bond donors (Lipinski definition) is 2. The Morgan fingerprint density at radius 1 is 0.941 bits per heavy atom. The summed E-state index contributed by atoms with van der Waals surface area (Å²) in [5.41, 5.74) is 1.91. The lowest BCUT2D eigenvalue weighted by molar-refractivity contribution is -0.132. The highest BCUT2D eigenvalue weighted by molar-refractivity contribution is 7.92. The molecule has 1 fully saturated rings. The summed E-state index contributed by atoms with van der Waals surface area (Å²) in [4.78, 5) is 38.2. The van der Waals surface area contributed by atoms with Crippen molar-refractivity contribution in [3.05, 3.63) is 96.1 Å². The molecule has 9 nitrogen and oxygen atoms in total. The van der Waals surface area contributed by atoms with Crippen LogP contribution in [-0.4, -0.2) is 38.3 Å². The Bertz CT molecular complexity index is 1360. The predicted molar refractivity (Wildman–Crippen MR) is 125 cm³/mol. The summed E-state index contributed by atoms with van der Waals surface area (Å²) in [7, 11) is -2.55. The van der Waals surface area contributed by atoms with E-state index in [1.165, 1.54) is 31.3 Å². The second-order valence-corrected chi connectivity index (χ2v) is 9.81. The second kappa shape index (κ2) is 8.64. The van der Waals surface area contributed by atoms with Crippen molar-refractivity contribution in [3.8, 4) is 0 Å². The molecular weight excluding hydrogens is 456 g/mol. The van der Waals surface area contributed by atoms with Crippen LogP contribution in [0.2, 0.25) is 0 Å². The molecule has 2 N–H and O–H groups in total. The van der Waals surface area contributed by atoms with Crippen LogP contribution in [0.3, 0.4) is 0 Å². The molecule has 3 aromatic rings. The summed E-state index contributed by atoms with van der Waals surface area (Å²) < 4.78 is 27.2. The maximum absolute atomic E-state index is 13.1. The van der Waals surface area contributed by atoms with E-state index in [1.807, 2.05) is 0 Å². The maximum Gasteiger partial charge on any atom is 0.344 e. The number of anilines is 1. The Hall–Kier alpha value is -4.18. The number of hydrogen-bond acceptors (Lipinski definition) is 5. The Balaban J connectivity index is 1.56. The van der Waals surface area contributed by atoms with Gasteiger partial charge in [0.2, 0.25) is 0 Å². The lowest BCUT2D eigenvalue weighted by Gasteiger charge is -2.22. The van der Waals surface area contributed by atoms with Crippen molar-refractivity contribution in [2.75, 3.05) is 11.4 Å². The number of carbonyl (C=O) groups is 3. The van der Waals surface area contributed by atoms with Gasteiger partial charge in [-0.3, -0.25) is 19.3 Å². The molecule has 3 aromatic carbocycles. The number of imide groups is 1. The van der Waals surface area contributed by atoms with Crippen LogP contribution in [-0.2, 0) is 20.4 Å². The van der Waals surface area contributed by atoms with E-state index in [0.717, 1.165) is 4.31 Å². The fourth-order valence-electron chi connectivity index (χ4n) is 3.61. The van der Waals surface area contributed by atoms with E-state index in [9.17, 15) is 22.8 Å². The van der Waals surface area contributed by atoms with Gasteiger partial charge in [-0.15, -0.1) is 0 Å². The molecule has 1 atom stereocenters. The highest BCUT2D eigenvalue weighted by Crippen LogP contribution is 2.28. The predicted octanol–water partition coefficient (Wildman–Crippen LogP) is 2.62. The van der Waals surface area contributed by atoms with Crippen LogP contribution < -0.4 is 15.0 Å². The van der Waals surface area contributed by atoms with Gasteiger partial charge in [-0.1, -0.05) is 54.6 Å². The number of carbonyl (C=O) groups excluding carboxylic acids is 3. The molecule has 34 heavy (non-hydrogen) atoms. The highest BCUT2D eigenvalue weighted by Gasteiger charge is 2.50. The third-order valence-electron chi connectivity index (χ3n) is 5.63. The number of sulfonamides is 1. The van der Waals surface area contributed by atoms with Crippen LogP contribution in [0, 0.1) is 0 Å². The minimum absolute atomic E-state index is 0.0311. The van der Waals surface area contributed by atoms with Gasteiger partial charge >= 0.3 is 6.03 Å². The zero-order valence-electron chi connectivity index (χ0n) is 18.4. The third kappa shape index (κ3) is 3.99. The molecule has 4 rings (SSSR count). The Morgan fingerprint density at radius 3 is 2.21 bits per heavy atom. The molecule has 1 aliphatic rings. The van der Waals surface area contributed by atoms with Crippen molar-refractivity contribution in [1.29, 1.82) is 0 Å². The number of urea groups is 1. The summed E-state index contributed by atoms with van der Waals surface area (Å²) in [5, 5.41) is 3.20. The van der Waals surface area contributed by atoms with E-state index >= 15 is 0 Å². The topological polar surface area (TPSA) is 116 Å². The Morgan fingerprint density at radius 2 is 1.56 bits per heavy atom. The van der Waals surface area contributed by atoms with Gasteiger partial charge in [0, 0.05) is 12.6 Å². The van der Waals surface area contributed by atoms with Crippen LogP contribution >= 0.6 is 0 Å². The monoisotopic (exact) mass is 478 g/mol. The number of amides is 4. The van der Waals surface area contributed by atoms with Crippen LogP contribution in [0.25, 0.3) is 0 Å². The molecule has 0 unspecified atom stereocenters. The van der Waals surface area contributed by atoms with E-state index in [2.05, 4.69) is 10.7 Å². The summed E-state index contributed by atoms with van der Waals surface area (Å²) in [6.45, 7) is 1.54. The first kappa shape index (κ1) is 23.0. The Labute approximate surface area is 197 Å². The lowest BCUT2D eigenvalue weighted by atomic mass is 9.92. The number of para-hydroxylation sites is 1. The number of nitrogens with zero attached hydrogens (tertiary/aromatic N) is 2. The van der Waals surface area contributed by atoms with Gasteiger partial charge in [-0.2, -0.15) is 5.01 Å². The molecule has 1 heterocycles. The smallest absolute Gasteiger partial charge is 0.318 e. The fraction of sp³-hybridized carbons (Fsp3) is 0.125. The van der Waals surface area contributed by atoms with Crippen molar-refractivity contribution in [3.63, 3.8) is 0 Å². The average molecular weight is 479 g/mol. The van der Waals surface area contributed by atoms with Gasteiger partial charge in [-0.25, -0.2) is 13.2 Å². The van der Waals surface area contributed by atoms with E-state index in [4.69, 9.17) is 0 Å². The lowest BCUT2D eigenvalue weighted by Crippen LogP contribution is -2.47. The molecule has 10 heteroatoms. The molecule has 0 radical (unpaired) electrons. The molecule has 0 spiro atoms. The first-order valence-corrected chi connectivity index (χ1v) is 11.8. The molecular formula is C24H22N4O5S. The molecule has 0 aromatic heterocycles. The van der Waals surface area contributed by atoms with Crippen molar-refractivity contribution in [2.24, 2.45) is 0 Å². The largest absolute Gasteiger partial charge is 0.344 e. The van der Waals surface area contributed by atoms with Gasteiger partial charge in [-0.05, 0) is 42.8 Å². The molecule has 4 amide bonds. The Kier molecular flexibility index (Phi) is 5.84. The van der Waals surface area contributed by atoms with Gasteiger partial charge < -0.3 is 5.32 Å².